The molecule has 1 aromatic heterocycles. The third-order valence-electron chi connectivity index (χ3n) is 5.19. The normalized spacial score (nSPS) is 17.8. The van der Waals surface area contributed by atoms with Crippen LogP contribution in [0.15, 0.2) is 30.3 Å². The van der Waals surface area contributed by atoms with E-state index in [4.69, 9.17) is 30.8 Å². The number of hydrogen-bond donors (Lipinski definition) is 0. The van der Waals surface area contributed by atoms with Crippen LogP contribution in [0.1, 0.15) is 28.8 Å². The summed E-state index contributed by atoms with van der Waals surface area (Å²) in [4.78, 5) is 20.0. The molecule has 2 aliphatic rings. The van der Waals surface area contributed by atoms with Gasteiger partial charge in [0.25, 0.3) is 5.91 Å². The van der Waals surface area contributed by atoms with Gasteiger partial charge in [-0.3, -0.25) is 9.69 Å². The van der Waals surface area contributed by atoms with Crippen LogP contribution in [0.5, 0.6) is 11.5 Å². The number of thiazole rings is 1. The van der Waals surface area contributed by atoms with Crippen LogP contribution in [0.2, 0.25) is 5.02 Å². The van der Waals surface area contributed by atoms with Crippen molar-refractivity contribution in [3.63, 3.8) is 0 Å². The third-order valence-corrected chi connectivity index (χ3v) is 6.73. The number of aryl methyl sites for hydroxylation is 1. The number of ether oxygens (including phenoxy) is 3. The van der Waals surface area contributed by atoms with Gasteiger partial charge in [0.2, 0.25) is 6.79 Å². The Morgan fingerprint density at radius 3 is 2.93 bits per heavy atom. The second-order valence-corrected chi connectivity index (χ2v) is 8.54. The van der Waals surface area contributed by atoms with Crippen LogP contribution in [-0.2, 0) is 4.74 Å². The Bertz CT molecular complexity index is 1050. The third kappa shape index (κ3) is 3.43. The zero-order valence-electron chi connectivity index (χ0n) is 15.8. The number of benzene rings is 2. The van der Waals surface area contributed by atoms with E-state index in [2.05, 4.69) is 0 Å². The molecule has 1 fully saturated rings. The Labute approximate surface area is 177 Å². The summed E-state index contributed by atoms with van der Waals surface area (Å²) in [6, 6.07) is 9.05. The monoisotopic (exact) mass is 430 g/mol. The van der Waals surface area contributed by atoms with E-state index < -0.39 is 0 Å². The lowest BCUT2D eigenvalue weighted by atomic mass is 10.1. The van der Waals surface area contributed by atoms with Gasteiger partial charge in [-0.2, -0.15) is 0 Å². The summed E-state index contributed by atoms with van der Waals surface area (Å²) in [5, 5.41) is 1.26. The summed E-state index contributed by atoms with van der Waals surface area (Å²) in [5.74, 6) is 1.08. The highest BCUT2D eigenvalue weighted by Crippen LogP contribution is 2.38. The molecule has 1 saturated heterocycles. The number of aromatic nitrogens is 1. The molecule has 0 bridgehead atoms. The van der Waals surface area contributed by atoms with Gasteiger partial charge in [0, 0.05) is 12.2 Å². The molecule has 29 heavy (non-hydrogen) atoms. The minimum atomic E-state index is -0.147. The van der Waals surface area contributed by atoms with Crippen LogP contribution >= 0.6 is 22.9 Å². The van der Waals surface area contributed by atoms with Gasteiger partial charge in [-0.15, -0.1) is 0 Å². The van der Waals surface area contributed by atoms with Crippen molar-refractivity contribution >= 4 is 44.2 Å². The first kappa shape index (κ1) is 18.7. The maximum absolute atomic E-state index is 13.5. The quantitative estimate of drug-likeness (QED) is 0.594. The number of carbonyl (C=O) groups is 1. The van der Waals surface area contributed by atoms with E-state index in [9.17, 15) is 4.79 Å². The molecular formula is C21H19ClN2O4S. The van der Waals surface area contributed by atoms with Crippen molar-refractivity contribution in [2.75, 3.05) is 24.8 Å². The van der Waals surface area contributed by atoms with E-state index in [1.165, 1.54) is 11.3 Å². The van der Waals surface area contributed by atoms with Crippen LogP contribution in [-0.4, -0.2) is 36.9 Å². The molecule has 0 radical (unpaired) electrons. The Hall–Kier alpha value is -2.35. The largest absolute Gasteiger partial charge is 0.454 e. The standard InChI is InChI=1S/C21H19ClN2O4S/c1-12-4-6-15(22)19-18(12)23-21(29-19)24(10-14-3-2-8-26-14)20(25)13-5-7-16-17(9-13)28-11-27-16/h4-7,9,14H,2-3,8,10-11H2,1H3. The Morgan fingerprint density at radius 2 is 2.14 bits per heavy atom. The molecule has 3 aromatic rings. The first-order chi connectivity index (χ1) is 14.1. The molecule has 0 spiro atoms. The summed E-state index contributed by atoms with van der Waals surface area (Å²) >= 11 is 7.82. The highest BCUT2D eigenvalue weighted by molar-refractivity contribution is 7.23. The maximum Gasteiger partial charge on any atom is 0.260 e. The van der Waals surface area contributed by atoms with Gasteiger partial charge < -0.3 is 14.2 Å². The molecule has 0 saturated carbocycles. The van der Waals surface area contributed by atoms with Crippen molar-refractivity contribution in [1.82, 2.24) is 4.98 Å². The fourth-order valence-corrected chi connectivity index (χ4v) is 4.96. The predicted octanol–water partition coefficient (Wildman–Crippen LogP) is 4.81. The molecule has 0 N–H and O–H groups in total. The minimum absolute atomic E-state index is 0.00320. The Morgan fingerprint density at radius 1 is 1.28 bits per heavy atom. The maximum atomic E-state index is 13.5. The fraction of sp³-hybridized carbons (Fsp3) is 0.333. The van der Waals surface area contributed by atoms with Crippen molar-refractivity contribution in [3.8, 4) is 11.5 Å². The predicted molar refractivity (Wildman–Crippen MR) is 113 cm³/mol. The number of hydrogen-bond acceptors (Lipinski definition) is 6. The molecule has 2 aliphatic heterocycles. The van der Waals surface area contributed by atoms with Gasteiger partial charge in [-0.05, 0) is 49.6 Å². The SMILES string of the molecule is Cc1ccc(Cl)c2sc(N(CC3CCCO3)C(=O)c3ccc4c(c3)OCO4)nc12. The fourth-order valence-electron chi connectivity index (χ4n) is 3.63. The number of halogens is 1. The van der Waals surface area contributed by atoms with Crippen LogP contribution in [0, 0.1) is 6.92 Å². The number of fused-ring (bicyclic) bond motifs is 2. The molecule has 8 heteroatoms. The number of carbonyl (C=O) groups excluding carboxylic acids is 1. The molecule has 1 unspecified atom stereocenters. The highest BCUT2D eigenvalue weighted by atomic mass is 35.5. The molecule has 0 aliphatic carbocycles. The highest BCUT2D eigenvalue weighted by Gasteiger charge is 2.28. The summed E-state index contributed by atoms with van der Waals surface area (Å²) < 4.78 is 17.5. The van der Waals surface area contributed by atoms with Gasteiger partial charge in [-0.25, -0.2) is 4.98 Å². The number of amides is 1. The average molecular weight is 431 g/mol. The summed E-state index contributed by atoms with van der Waals surface area (Å²) in [6.45, 7) is 3.33. The zero-order valence-corrected chi connectivity index (χ0v) is 17.4. The lowest BCUT2D eigenvalue weighted by molar-refractivity contribution is 0.0917. The molecule has 150 valence electrons. The Balaban J connectivity index is 1.55. The number of nitrogens with zero attached hydrogens (tertiary/aromatic N) is 2. The number of anilines is 1. The van der Waals surface area contributed by atoms with Gasteiger partial charge in [0.15, 0.2) is 16.6 Å². The smallest absolute Gasteiger partial charge is 0.260 e. The van der Waals surface area contributed by atoms with Crippen molar-refractivity contribution < 1.29 is 19.0 Å². The van der Waals surface area contributed by atoms with E-state index in [0.717, 1.165) is 35.2 Å². The van der Waals surface area contributed by atoms with Crippen molar-refractivity contribution in [2.24, 2.45) is 0 Å². The van der Waals surface area contributed by atoms with Crippen LogP contribution < -0.4 is 14.4 Å². The van der Waals surface area contributed by atoms with Gasteiger partial charge >= 0.3 is 0 Å². The van der Waals surface area contributed by atoms with E-state index in [-0.39, 0.29) is 18.8 Å². The molecule has 6 nitrogen and oxygen atoms in total. The molecular weight excluding hydrogens is 412 g/mol. The minimum Gasteiger partial charge on any atom is -0.454 e. The van der Waals surface area contributed by atoms with E-state index in [0.29, 0.717) is 33.8 Å². The molecule has 1 atom stereocenters. The van der Waals surface area contributed by atoms with Crippen LogP contribution in [0.25, 0.3) is 10.2 Å². The lowest BCUT2D eigenvalue weighted by Gasteiger charge is -2.23. The van der Waals surface area contributed by atoms with Gasteiger partial charge in [0.1, 0.15) is 0 Å². The van der Waals surface area contributed by atoms with Crippen LogP contribution in [0.4, 0.5) is 5.13 Å². The second kappa shape index (κ2) is 7.48. The second-order valence-electron chi connectivity index (χ2n) is 7.16. The van der Waals surface area contributed by atoms with Gasteiger partial charge in [0.05, 0.1) is 27.9 Å². The average Bonchev–Trinajstić information content (AvgIpc) is 3.48. The first-order valence-electron chi connectivity index (χ1n) is 9.49. The van der Waals surface area contributed by atoms with Gasteiger partial charge in [-0.1, -0.05) is 29.0 Å². The van der Waals surface area contributed by atoms with Crippen molar-refractivity contribution in [1.29, 1.82) is 0 Å². The van der Waals surface area contributed by atoms with E-state index in [1.807, 2.05) is 19.1 Å². The lowest BCUT2D eigenvalue weighted by Crippen LogP contribution is -2.37. The summed E-state index contributed by atoms with van der Waals surface area (Å²) in [6.07, 6.45) is 1.92. The molecule has 2 aromatic carbocycles. The first-order valence-corrected chi connectivity index (χ1v) is 10.7. The molecule has 1 amide bonds. The number of rotatable bonds is 4. The molecule has 3 heterocycles. The van der Waals surface area contributed by atoms with E-state index >= 15 is 0 Å². The summed E-state index contributed by atoms with van der Waals surface area (Å²) in [5.41, 5.74) is 2.38. The van der Waals surface area contributed by atoms with Crippen molar-refractivity contribution in [2.45, 2.75) is 25.9 Å². The topological polar surface area (TPSA) is 60.9 Å². The van der Waals surface area contributed by atoms with Crippen molar-refractivity contribution in [3.05, 3.63) is 46.5 Å². The Kier molecular flexibility index (Phi) is 4.81. The molecule has 5 rings (SSSR count). The van der Waals surface area contributed by atoms with Crippen LogP contribution in [0.3, 0.4) is 0 Å². The van der Waals surface area contributed by atoms with E-state index in [1.54, 1.807) is 23.1 Å². The zero-order chi connectivity index (χ0) is 20.0. The summed E-state index contributed by atoms with van der Waals surface area (Å²) in [7, 11) is 0.